The van der Waals surface area contributed by atoms with Gasteiger partial charge in [0.1, 0.15) is 5.75 Å². The number of hydrogen-bond donors (Lipinski definition) is 4. The van der Waals surface area contributed by atoms with Crippen molar-refractivity contribution >= 4 is 28.6 Å². The molecule has 0 amide bonds. The zero-order valence-corrected chi connectivity index (χ0v) is 9.37. The quantitative estimate of drug-likeness (QED) is 0.605. The van der Waals surface area contributed by atoms with Crippen LogP contribution in [0, 0.1) is 0 Å². The number of rotatable bonds is 3. The van der Waals surface area contributed by atoms with Crippen LogP contribution in [0.25, 0.3) is 10.9 Å². The van der Waals surface area contributed by atoms with Crippen LogP contribution >= 0.6 is 12.6 Å². The number of thiol groups is 1. The number of benzene rings is 1. The van der Waals surface area contributed by atoms with Crippen molar-refractivity contribution in [2.75, 3.05) is 0 Å². The lowest BCUT2D eigenvalue weighted by Crippen LogP contribution is -2.29. The Balaban J connectivity index is 2.37. The van der Waals surface area contributed by atoms with Crippen LogP contribution in [0.4, 0.5) is 0 Å². The Hall–Kier alpha value is -1.46. The maximum atomic E-state index is 11.0. The first-order valence-electron chi connectivity index (χ1n) is 4.85. The highest BCUT2D eigenvalue weighted by Crippen LogP contribution is 2.23. The van der Waals surface area contributed by atoms with Crippen molar-refractivity contribution < 1.29 is 9.90 Å². The first kappa shape index (κ1) is 11.0. The lowest BCUT2D eigenvalue weighted by Gasteiger charge is -2.05. The molecule has 1 heterocycles. The van der Waals surface area contributed by atoms with Crippen LogP contribution < -0.4 is 5.73 Å². The molecule has 0 aliphatic rings. The first-order valence-corrected chi connectivity index (χ1v) is 5.30. The van der Waals surface area contributed by atoms with Gasteiger partial charge in [-0.1, -0.05) is 0 Å². The monoisotopic (exact) mass is 236 g/mol. The van der Waals surface area contributed by atoms with Gasteiger partial charge in [-0.2, -0.15) is 0 Å². The van der Waals surface area contributed by atoms with E-state index in [1.54, 1.807) is 24.4 Å². The minimum Gasteiger partial charge on any atom is -0.508 e. The van der Waals surface area contributed by atoms with Crippen molar-refractivity contribution in [1.29, 1.82) is 0 Å². The molecule has 0 unspecified atom stereocenters. The maximum absolute atomic E-state index is 11.0. The van der Waals surface area contributed by atoms with Crippen LogP contribution in [-0.4, -0.2) is 21.2 Å². The molecule has 5 heteroatoms. The molecule has 84 valence electrons. The Labute approximate surface area is 97.9 Å². The van der Waals surface area contributed by atoms with E-state index in [4.69, 9.17) is 5.73 Å². The zero-order valence-electron chi connectivity index (χ0n) is 8.47. The van der Waals surface area contributed by atoms with E-state index in [9.17, 15) is 9.90 Å². The van der Waals surface area contributed by atoms with Gasteiger partial charge in [0.05, 0.1) is 6.04 Å². The Morgan fingerprint density at radius 1 is 1.56 bits per heavy atom. The molecule has 0 radical (unpaired) electrons. The van der Waals surface area contributed by atoms with E-state index in [0.29, 0.717) is 6.42 Å². The highest BCUT2D eigenvalue weighted by molar-refractivity contribution is 7.96. The van der Waals surface area contributed by atoms with Crippen LogP contribution in [-0.2, 0) is 11.2 Å². The molecule has 1 aromatic carbocycles. The fraction of sp³-hybridized carbons (Fsp3) is 0.182. The van der Waals surface area contributed by atoms with Crippen LogP contribution in [0.15, 0.2) is 24.4 Å². The van der Waals surface area contributed by atoms with Crippen molar-refractivity contribution in [3.63, 3.8) is 0 Å². The van der Waals surface area contributed by atoms with Crippen molar-refractivity contribution in [3.8, 4) is 5.75 Å². The lowest BCUT2D eigenvalue weighted by atomic mass is 10.1. The molecule has 0 spiro atoms. The third kappa shape index (κ3) is 2.05. The molecule has 0 saturated heterocycles. The molecule has 2 rings (SSSR count). The van der Waals surface area contributed by atoms with Crippen molar-refractivity contribution in [2.24, 2.45) is 5.73 Å². The van der Waals surface area contributed by atoms with E-state index in [0.717, 1.165) is 16.5 Å². The number of carbonyl (C=O) groups is 1. The number of hydrogen-bond acceptors (Lipinski definition) is 3. The Morgan fingerprint density at radius 3 is 3.00 bits per heavy atom. The van der Waals surface area contributed by atoms with Crippen molar-refractivity contribution in [3.05, 3.63) is 30.0 Å². The molecular weight excluding hydrogens is 224 g/mol. The lowest BCUT2D eigenvalue weighted by molar-refractivity contribution is -0.111. The standard InChI is InChI=1S/C11H12N2O2S/c12-9(11(15)16)3-6-5-13-10-2-1-7(14)4-8(6)10/h1-2,4-5,9,13-14H,3,12H2,(H,15,16)/t9-/m0/s1. The number of carbonyl (C=O) groups excluding carboxylic acids is 1. The van der Waals surface area contributed by atoms with Gasteiger partial charge in [-0.05, 0) is 30.2 Å². The number of H-pyrrole nitrogens is 1. The fourth-order valence-corrected chi connectivity index (χ4v) is 1.75. The molecule has 0 aliphatic heterocycles. The Kier molecular flexibility index (Phi) is 2.89. The largest absolute Gasteiger partial charge is 0.508 e. The minimum absolute atomic E-state index is 0.194. The van der Waals surface area contributed by atoms with Gasteiger partial charge in [0.15, 0.2) is 0 Å². The van der Waals surface area contributed by atoms with Gasteiger partial charge in [0, 0.05) is 17.1 Å². The summed E-state index contributed by atoms with van der Waals surface area (Å²) < 4.78 is 0. The van der Waals surface area contributed by atoms with E-state index in [2.05, 4.69) is 17.6 Å². The Morgan fingerprint density at radius 2 is 2.31 bits per heavy atom. The summed E-state index contributed by atoms with van der Waals surface area (Å²) in [6.45, 7) is 0. The second kappa shape index (κ2) is 4.19. The molecule has 2 aromatic rings. The second-order valence-electron chi connectivity index (χ2n) is 3.69. The van der Waals surface area contributed by atoms with E-state index >= 15 is 0 Å². The molecule has 4 nitrogen and oxygen atoms in total. The first-order chi connectivity index (χ1) is 7.58. The number of phenols is 1. The maximum Gasteiger partial charge on any atom is 0.202 e. The molecular formula is C11H12N2O2S. The smallest absolute Gasteiger partial charge is 0.202 e. The number of phenolic OH excluding ortho intramolecular Hbond substituents is 1. The van der Waals surface area contributed by atoms with Crippen LogP contribution in [0.1, 0.15) is 5.56 Å². The SMILES string of the molecule is N[C@@H](Cc1c[nH]c2ccc(O)cc12)C(=O)S. The molecule has 0 bridgehead atoms. The summed E-state index contributed by atoms with van der Waals surface area (Å²) in [4.78, 5) is 14.0. The summed E-state index contributed by atoms with van der Waals surface area (Å²) in [5.41, 5.74) is 7.45. The topological polar surface area (TPSA) is 79.1 Å². The molecule has 1 atom stereocenters. The third-order valence-electron chi connectivity index (χ3n) is 2.51. The minimum atomic E-state index is -0.621. The van der Waals surface area contributed by atoms with Crippen molar-refractivity contribution in [1.82, 2.24) is 4.98 Å². The number of aromatic nitrogens is 1. The van der Waals surface area contributed by atoms with Gasteiger partial charge in [0.25, 0.3) is 0 Å². The second-order valence-corrected chi connectivity index (χ2v) is 4.13. The van der Waals surface area contributed by atoms with Gasteiger partial charge < -0.3 is 15.8 Å². The number of aromatic amines is 1. The highest BCUT2D eigenvalue weighted by Gasteiger charge is 2.13. The average Bonchev–Trinajstić information content (AvgIpc) is 2.61. The van der Waals surface area contributed by atoms with E-state index in [1.165, 1.54) is 0 Å². The summed E-state index contributed by atoms with van der Waals surface area (Å²) in [6, 6.07) is 4.41. The summed E-state index contributed by atoms with van der Waals surface area (Å²) in [5.74, 6) is 0.194. The number of aromatic hydroxyl groups is 1. The molecule has 4 N–H and O–H groups in total. The predicted octanol–water partition coefficient (Wildman–Crippen LogP) is 1.20. The highest BCUT2D eigenvalue weighted by atomic mass is 32.1. The summed E-state index contributed by atoms with van der Waals surface area (Å²) in [6.07, 6.45) is 2.20. The summed E-state index contributed by atoms with van der Waals surface area (Å²) >= 11 is 3.70. The molecule has 1 aromatic heterocycles. The van der Waals surface area contributed by atoms with Gasteiger partial charge in [0.2, 0.25) is 5.12 Å². The fourth-order valence-electron chi connectivity index (χ4n) is 1.66. The third-order valence-corrected chi connectivity index (χ3v) is 2.84. The Bertz CT molecular complexity index is 536. The summed E-state index contributed by atoms with van der Waals surface area (Å²) in [5, 5.41) is 9.93. The number of nitrogens with one attached hydrogen (secondary N) is 1. The zero-order chi connectivity index (χ0) is 11.7. The van der Waals surface area contributed by atoms with Gasteiger partial charge in [-0.15, -0.1) is 12.6 Å². The van der Waals surface area contributed by atoms with Gasteiger partial charge in [-0.3, -0.25) is 4.79 Å². The normalized spacial score (nSPS) is 12.9. The molecule has 0 saturated carbocycles. The van der Waals surface area contributed by atoms with Gasteiger partial charge >= 0.3 is 0 Å². The van der Waals surface area contributed by atoms with Crippen LogP contribution in [0.5, 0.6) is 5.75 Å². The van der Waals surface area contributed by atoms with Crippen molar-refractivity contribution in [2.45, 2.75) is 12.5 Å². The molecule has 0 fully saturated rings. The number of fused-ring (bicyclic) bond motifs is 1. The van der Waals surface area contributed by atoms with E-state index in [1.807, 2.05) is 0 Å². The van der Waals surface area contributed by atoms with E-state index < -0.39 is 6.04 Å². The van der Waals surface area contributed by atoms with E-state index in [-0.39, 0.29) is 10.9 Å². The summed E-state index contributed by atoms with van der Waals surface area (Å²) in [7, 11) is 0. The van der Waals surface area contributed by atoms with Gasteiger partial charge in [-0.25, -0.2) is 0 Å². The van der Waals surface area contributed by atoms with Crippen LogP contribution in [0.3, 0.4) is 0 Å². The molecule has 16 heavy (non-hydrogen) atoms. The van der Waals surface area contributed by atoms with Crippen LogP contribution in [0.2, 0.25) is 0 Å². The average molecular weight is 236 g/mol. The predicted molar refractivity (Wildman–Crippen MR) is 65.6 cm³/mol. The number of nitrogens with two attached hydrogens (primary N) is 1. The molecule has 0 aliphatic carbocycles.